The van der Waals surface area contributed by atoms with Crippen LogP contribution in [-0.4, -0.2) is 60.6 Å². The lowest BCUT2D eigenvalue weighted by atomic mass is 10.1. The number of amides is 3. The molecule has 0 radical (unpaired) electrons. The normalized spacial score (nSPS) is 21.9. The van der Waals surface area contributed by atoms with Gasteiger partial charge >= 0.3 is 6.03 Å². The molecule has 1 aromatic rings. The molecule has 0 aromatic heterocycles. The van der Waals surface area contributed by atoms with Crippen molar-refractivity contribution >= 4 is 23.5 Å². The van der Waals surface area contributed by atoms with E-state index in [0.717, 1.165) is 18.4 Å². The fourth-order valence-electron chi connectivity index (χ4n) is 3.22. The van der Waals surface area contributed by atoms with E-state index in [1.54, 1.807) is 4.90 Å². The highest BCUT2D eigenvalue weighted by atomic mass is 35.5. The van der Waals surface area contributed by atoms with Crippen LogP contribution in [0.5, 0.6) is 0 Å². The summed E-state index contributed by atoms with van der Waals surface area (Å²) in [6.07, 6.45) is 1.46. The SMILES string of the molecule is CC(NC(=O)N1CCN(C(=O)C2CCCO2)CC1)c1ccc(Cl)cc1. The first kappa shape index (κ1) is 18.0. The summed E-state index contributed by atoms with van der Waals surface area (Å²) in [5.74, 6) is 0.0621. The zero-order chi connectivity index (χ0) is 17.8. The first-order chi connectivity index (χ1) is 12.0. The van der Waals surface area contributed by atoms with Crippen LogP contribution in [0.1, 0.15) is 31.4 Å². The van der Waals surface area contributed by atoms with Gasteiger partial charge < -0.3 is 19.9 Å². The first-order valence-electron chi connectivity index (χ1n) is 8.76. The molecule has 0 aliphatic carbocycles. The molecule has 2 aliphatic rings. The van der Waals surface area contributed by atoms with Crippen molar-refractivity contribution in [1.29, 1.82) is 0 Å². The molecule has 2 aliphatic heterocycles. The highest BCUT2D eigenvalue weighted by Gasteiger charge is 2.31. The maximum Gasteiger partial charge on any atom is 0.317 e. The molecule has 2 fully saturated rings. The molecule has 0 spiro atoms. The van der Waals surface area contributed by atoms with Crippen LogP contribution in [0.2, 0.25) is 5.02 Å². The van der Waals surface area contributed by atoms with Gasteiger partial charge in [-0.25, -0.2) is 4.79 Å². The molecule has 3 amide bonds. The van der Waals surface area contributed by atoms with Crippen molar-refractivity contribution in [2.75, 3.05) is 32.8 Å². The van der Waals surface area contributed by atoms with Crippen molar-refractivity contribution in [3.05, 3.63) is 34.9 Å². The fourth-order valence-corrected chi connectivity index (χ4v) is 3.34. The average molecular weight is 366 g/mol. The average Bonchev–Trinajstić information content (AvgIpc) is 3.16. The zero-order valence-electron chi connectivity index (χ0n) is 14.4. The number of ether oxygens (including phenoxy) is 1. The summed E-state index contributed by atoms with van der Waals surface area (Å²) in [4.78, 5) is 28.3. The minimum absolute atomic E-state index is 0.0621. The fraction of sp³-hybridized carbons (Fsp3) is 0.556. The Labute approximate surface area is 153 Å². The largest absolute Gasteiger partial charge is 0.368 e. The van der Waals surface area contributed by atoms with Gasteiger partial charge in [-0.1, -0.05) is 23.7 Å². The molecule has 0 saturated carbocycles. The van der Waals surface area contributed by atoms with E-state index in [-0.39, 0.29) is 24.1 Å². The van der Waals surface area contributed by atoms with E-state index in [1.807, 2.05) is 36.1 Å². The van der Waals surface area contributed by atoms with E-state index >= 15 is 0 Å². The third-order valence-electron chi connectivity index (χ3n) is 4.79. The Bertz CT molecular complexity index is 608. The van der Waals surface area contributed by atoms with Gasteiger partial charge in [-0.15, -0.1) is 0 Å². The van der Waals surface area contributed by atoms with Gasteiger partial charge in [0.2, 0.25) is 0 Å². The van der Waals surface area contributed by atoms with Crippen LogP contribution >= 0.6 is 11.6 Å². The maximum atomic E-state index is 12.4. The number of nitrogens with one attached hydrogen (secondary N) is 1. The molecule has 7 heteroatoms. The van der Waals surface area contributed by atoms with Crippen molar-refractivity contribution in [2.24, 2.45) is 0 Å². The monoisotopic (exact) mass is 365 g/mol. The second-order valence-electron chi connectivity index (χ2n) is 6.54. The lowest BCUT2D eigenvalue weighted by molar-refractivity contribution is -0.142. The summed E-state index contributed by atoms with van der Waals surface area (Å²) < 4.78 is 5.46. The number of hydrogen-bond acceptors (Lipinski definition) is 3. The molecule has 2 heterocycles. The standard InChI is InChI=1S/C18H24ClN3O3/c1-13(14-4-6-15(19)7-5-14)20-18(24)22-10-8-21(9-11-22)17(23)16-3-2-12-25-16/h4-7,13,16H,2-3,8-12H2,1H3,(H,20,24). The number of benzene rings is 1. The predicted octanol–water partition coefficient (Wildman–Crippen LogP) is 2.43. The second kappa shape index (κ2) is 8.06. The molecule has 136 valence electrons. The van der Waals surface area contributed by atoms with Crippen LogP contribution in [-0.2, 0) is 9.53 Å². The van der Waals surface area contributed by atoms with Gasteiger partial charge in [-0.2, -0.15) is 0 Å². The molecule has 2 atom stereocenters. The van der Waals surface area contributed by atoms with E-state index in [9.17, 15) is 9.59 Å². The lowest BCUT2D eigenvalue weighted by Gasteiger charge is -2.36. The Hall–Kier alpha value is -1.79. The molecule has 0 bridgehead atoms. The number of carbonyl (C=O) groups is 2. The zero-order valence-corrected chi connectivity index (χ0v) is 15.2. The number of piperazine rings is 1. The van der Waals surface area contributed by atoms with Gasteiger partial charge in [0, 0.05) is 37.8 Å². The Morgan fingerprint density at radius 2 is 1.80 bits per heavy atom. The van der Waals surface area contributed by atoms with Crippen molar-refractivity contribution in [2.45, 2.75) is 31.9 Å². The first-order valence-corrected chi connectivity index (χ1v) is 9.13. The van der Waals surface area contributed by atoms with E-state index in [0.29, 0.717) is 37.8 Å². The van der Waals surface area contributed by atoms with Crippen LogP contribution in [0.25, 0.3) is 0 Å². The van der Waals surface area contributed by atoms with Crippen LogP contribution in [0.15, 0.2) is 24.3 Å². The van der Waals surface area contributed by atoms with Crippen molar-refractivity contribution in [1.82, 2.24) is 15.1 Å². The Kier molecular flexibility index (Phi) is 5.81. The lowest BCUT2D eigenvalue weighted by Crippen LogP contribution is -2.55. The maximum absolute atomic E-state index is 12.4. The van der Waals surface area contributed by atoms with Gasteiger partial charge in [0.05, 0.1) is 6.04 Å². The molecule has 1 aromatic carbocycles. The smallest absolute Gasteiger partial charge is 0.317 e. The predicted molar refractivity (Wildman–Crippen MR) is 95.5 cm³/mol. The number of urea groups is 1. The molecule has 6 nitrogen and oxygen atoms in total. The van der Waals surface area contributed by atoms with Crippen molar-refractivity contribution < 1.29 is 14.3 Å². The number of carbonyl (C=O) groups excluding carboxylic acids is 2. The van der Waals surface area contributed by atoms with Gasteiger partial charge in [0.1, 0.15) is 6.10 Å². The highest BCUT2D eigenvalue weighted by molar-refractivity contribution is 6.30. The van der Waals surface area contributed by atoms with E-state index in [4.69, 9.17) is 16.3 Å². The third-order valence-corrected chi connectivity index (χ3v) is 5.05. The van der Waals surface area contributed by atoms with Crippen LogP contribution in [0.4, 0.5) is 4.79 Å². The highest BCUT2D eigenvalue weighted by Crippen LogP contribution is 2.18. The van der Waals surface area contributed by atoms with Crippen LogP contribution in [0, 0.1) is 0 Å². The minimum Gasteiger partial charge on any atom is -0.368 e. The van der Waals surface area contributed by atoms with Gasteiger partial charge in [0.25, 0.3) is 5.91 Å². The topological polar surface area (TPSA) is 61.9 Å². The number of nitrogens with zero attached hydrogens (tertiary/aromatic N) is 2. The molecule has 2 unspecified atom stereocenters. The Morgan fingerprint density at radius 1 is 1.16 bits per heavy atom. The van der Waals surface area contributed by atoms with Crippen molar-refractivity contribution in [3.8, 4) is 0 Å². The van der Waals surface area contributed by atoms with Crippen LogP contribution < -0.4 is 5.32 Å². The second-order valence-corrected chi connectivity index (χ2v) is 6.97. The Morgan fingerprint density at radius 3 is 2.40 bits per heavy atom. The number of hydrogen-bond donors (Lipinski definition) is 1. The summed E-state index contributed by atoms with van der Waals surface area (Å²) >= 11 is 5.89. The summed E-state index contributed by atoms with van der Waals surface area (Å²) in [6.45, 7) is 4.80. The molecular weight excluding hydrogens is 342 g/mol. The minimum atomic E-state index is -0.287. The van der Waals surface area contributed by atoms with Crippen molar-refractivity contribution in [3.63, 3.8) is 0 Å². The van der Waals surface area contributed by atoms with E-state index in [1.165, 1.54) is 0 Å². The molecule has 25 heavy (non-hydrogen) atoms. The van der Waals surface area contributed by atoms with Gasteiger partial charge in [-0.3, -0.25) is 4.79 Å². The molecule has 1 N–H and O–H groups in total. The van der Waals surface area contributed by atoms with Crippen LogP contribution in [0.3, 0.4) is 0 Å². The van der Waals surface area contributed by atoms with E-state index in [2.05, 4.69) is 5.32 Å². The molecule has 3 rings (SSSR count). The van der Waals surface area contributed by atoms with Gasteiger partial charge in [-0.05, 0) is 37.5 Å². The number of halogens is 1. The Balaban J connectivity index is 1.47. The quantitative estimate of drug-likeness (QED) is 0.894. The van der Waals surface area contributed by atoms with E-state index < -0.39 is 0 Å². The number of rotatable bonds is 3. The molecule has 2 saturated heterocycles. The summed E-state index contributed by atoms with van der Waals surface area (Å²) in [7, 11) is 0. The summed E-state index contributed by atoms with van der Waals surface area (Å²) in [5.41, 5.74) is 1.00. The summed E-state index contributed by atoms with van der Waals surface area (Å²) in [5, 5.41) is 3.68. The summed E-state index contributed by atoms with van der Waals surface area (Å²) in [6, 6.07) is 7.24. The molecular formula is C18H24ClN3O3. The third kappa shape index (κ3) is 4.44. The van der Waals surface area contributed by atoms with Gasteiger partial charge in [0.15, 0.2) is 0 Å².